The molecule has 1 aromatic heterocycles. The predicted octanol–water partition coefficient (Wildman–Crippen LogP) is 0.596. The molecule has 0 spiro atoms. The van der Waals surface area contributed by atoms with Crippen molar-refractivity contribution in [1.82, 2.24) is 15.2 Å². The molecular weight excluding hydrogens is 194 g/mol. The highest BCUT2D eigenvalue weighted by molar-refractivity contribution is 5.31. The van der Waals surface area contributed by atoms with E-state index in [0.717, 1.165) is 0 Å². The van der Waals surface area contributed by atoms with Crippen LogP contribution in [0.3, 0.4) is 0 Å². The zero-order valence-electron chi connectivity index (χ0n) is 9.41. The molecule has 1 rings (SSSR count). The Morgan fingerprint density at radius 3 is 2.60 bits per heavy atom. The second-order valence-corrected chi connectivity index (χ2v) is 4.62. The highest BCUT2D eigenvalue weighted by atomic mass is 16.3. The highest BCUT2D eigenvalue weighted by Gasteiger charge is 2.24. The van der Waals surface area contributed by atoms with Crippen molar-refractivity contribution in [3.05, 3.63) is 0 Å². The molecule has 0 saturated carbocycles. The number of hydrogen-bond acceptors (Lipinski definition) is 5. The Bertz CT molecular complexity index is 304. The van der Waals surface area contributed by atoms with E-state index in [1.807, 2.05) is 0 Å². The molecule has 86 valence electrons. The molecule has 6 heteroatoms. The van der Waals surface area contributed by atoms with Gasteiger partial charge in [-0.2, -0.15) is 4.98 Å². The summed E-state index contributed by atoms with van der Waals surface area (Å²) in [7, 11) is 0. The summed E-state index contributed by atoms with van der Waals surface area (Å²) in [5, 5.41) is 18.6. The van der Waals surface area contributed by atoms with E-state index in [2.05, 4.69) is 41.3 Å². The van der Waals surface area contributed by atoms with Crippen LogP contribution in [-0.4, -0.2) is 32.9 Å². The molecule has 0 radical (unpaired) electrons. The van der Waals surface area contributed by atoms with Crippen molar-refractivity contribution in [2.75, 3.05) is 17.7 Å². The SMILES string of the molecule is CC(C)(C)C(CCO)Nc1n[nH]c(N)n1. The largest absolute Gasteiger partial charge is 0.396 e. The van der Waals surface area contributed by atoms with Gasteiger partial charge in [0.25, 0.3) is 0 Å². The van der Waals surface area contributed by atoms with E-state index in [0.29, 0.717) is 12.4 Å². The average Bonchev–Trinajstić information content (AvgIpc) is 2.49. The summed E-state index contributed by atoms with van der Waals surface area (Å²) in [6.45, 7) is 6.41. The van der Waals surface area contributed by atoms with E-state index in [1.54, 1.807) is 0 Å². The molecular formula is C9H19N5O. The number of nitrogen functional groups attached to an aromatic ring is 1. The van der Waals surface area contributed by atoms with E-state index in [1.165, 1.54) is 0 Å². The summed E-state index contributed by atoms with van der Waals surface area (Å²) >= 11 is 0. The van der Waals surface area contributed by atoms with Crippen molar-refractivity contribution in [3.63, 3.8) is 0 Å². The molecule has 0 fully saturated rings. The van der Waals surface area contributed by atoms with Gasteiger partial charge in [-0.15, -0.1) is 5.10 Å². The van der Waals surface area contributed by atoms with E-state index in [-0.39, 0.29) is 24.0 Å². The van der Waals surface area contributed by atoms with Crippen LogP contribution in [0.5, 0.6) is 0 Å². The van der Waals surface area contributed by atoms with Gasteiger partial charge < -0.3 is 16.2 Å². The molecule has 5 N–H and O–H groups in total. The van der Waals surface area contributed by atoms with Gasteiger partial charge in [-0.25, -0.2) is 5.10 Å². The van der Waals surface area contributed by atoms with Gasteiger partial charge in [-0.1, -0.05) is 20.8 Å². The minimum absolute atomic E-state index is 0.0259. The molecule has 0 aliphatic heterocycles. The van der Waals surface area contributed by atoms with Gasteiger partial charge in [0, 0.05) is 12.6 Å². The third kappa shape index (κ3) is 3.39. The lowest BCUT2D eigenvalue weighted by molar-refractivity contribution is 0.235. The van der Waals surface area contributed by atoms with Crippen molar-refractivity contribution in [1.29, 1.82) is 0 Å². The van der Waals surface area contributed by atoms with Crippen LogP contribution >= 0.6 is 0 Å². The van der Waals surface area contributed by atoms with Gasteiger partial charge in [0.05, 0.1) is 0 Å². The fraction of sp³-hybridized carbons (Fsp3) is 0.778. The molecule has 1 unspecified atom stereocenters. The standard InChI is InChI=1S/C9H19N5O/c1-9(2,3)6(4-5-15)11-8-12-7(10)13-14-8/h6,15H,4-5H2,1-3H3,(H4,10,11,12,13,14). The second kappa shape index (κ2) is 4.48. The lowest BCUT2D eigenvalue weighted by atomic mass is 9.85. The highest BCUT2D eigenvalue weighted by Crippen LogP contribution is 2.24. The number of aliphatic hydroxyl groups is 1. The summed E-state index contributed by atoms with van der Waals surface area (Å²) in [6, 6.07) is 0.109. The number of aromatic amines is 1. The van der Waals surface area contributed by atoms with Gasteiger partial charge in [0.15, 0.2) is 0 Å². The van der Waals surface area contributed by atoms with Crippen LogP contribution < -0.4 is 11.1 Å². The van der Waals surface area contributed by atoms with Crippen molar-refractivity contribution in [2.45, 2.75) is 33.2 Å². The first kappa shape index (κ1) is 11.8. The first-order valence-corrected chi connectivity index (χ1v) is 4.98. The van der Waals surface area contributed by atoms with E-state index in [9.17, 15) is 0 Å². The van der Waals surface area contributed by atoms with Crippen LogP contribution in [0.15, 0.2) is 0 Å². The van der Waals surface area contributed by atoms with Crippen LogP contribution in [0.4, 0.5) is 11.9 Å². The lowest BCUT2D eigenvalue weighted by Gasteiger charge is -2.30. The number of nitrogens with two attached hydrogens (primary N) is 1. The molecule has 0 amide bonds. The molecule has 15 heavy (non-hydrogen) atoms. The average molecular weight is 213 g/mol. The molecule has 0 bridgehead atoms. The fourth-order valence-electron chi connectivity index (χ4n) is 1.35. The number of aromatic nitrogens is 3. The van der Waals surface area contributed by atoms with Crippen molar-refractivity contribution in [2.24, 2.45) is 5.41 Å². The second-order valence-electron chi connectivity index (χ2n) is 4.62. The van der Waals surface area contributed by atoms with Crippen LogP contribution in [0.2, 0.25) is 0 Å². The molecule has 6 nitrogen and oxygen atoms in total. The predicted molar refractivity (Wildman–Crippen MR) is 59.4 cm³/mol. The number of hydrogen-bond donors (Lipinski definition) is 4. The normalized spacial score (nSPS) is 13.9. The first-order chi connectivity index (χ1) is 6.93. The summed E-state index contributed by atoms with van der Waals surface area (Å²) in [5.74, 6) is 0.759. The molecule has 0 aliphatic carbocycles. The van der Waals surface area contributed by atoms with Crippen molar-refractivity contribution < 1.29 is 5.11 Å². The van der Waals surface area contributed by atoms with Crippen molar-refractivity contribution in [3.8, 4) is 0 Å². The van der Waals surface area contributed by atoms with Gasteiger partial charge in [-0.05, 0) is 11.8 Å². The van der Waals surface area contributed by atoms with Gasteiger partial charge >= 0.3 is 0 Å². The molecule has 1 aromatic rings. The maximum Gasteiger partial charge on any atom is 0.243 e. The van der Waals surface area contributed by atoms with E-state index < -0.39 is 0 Å². The Labute approximate surface area is 89.3 Å². The Morgan fingerprint density at radius 1 is 1.53 bits per heavy atom. The fourth-order valence-corrected chi connectivity index (χ4v) is 1.35. The van der Waals surface area contributed by atoms with Crippen molar-refractivity contribution >= 4 is 11.9 Å². The molecule has 1 heterocycles. The maximum absolute atomic E-state index is 8.97. The monoisotopic (exact) mass is 213 g/mol. The maximum atomic E-state index is 8.97. The summed E-state index contributed by atoms with van der Waals surface area (Å²) in [6.07, 6.45) is 0.651. The number of nitrogens with one attached hydrogen (secondary N) is 2. The quantitative estimate of drug-likeness (QED) is 0.586. The minimum Gasteiger partial charge on any atom is -0.396 e. The molecule has 0 aliphatic rings. The zero-order chi connectivity index (χ0) is 11.5. The summed E-state index contributed by atoms with van der Waals surface area (Å²) in [5.41, 5.74) is 5.44. The van der Waals surface area contributed by atoms with Gasteiger partial charge in [0.2, 0.25) is 11.9 Å². The Kier molecular flexibility index (Phi) is 3.52. The topological polar surface area (TPSA) is 99.8 Å². The number of aliphatic hydroxyl groups excluding tert-OH is 1. The lowest BCUT2D eigenvalue weighted by Crippen LogP contribution is -2.35. The van der Waals surface area contributed by atoms with Gasteiger partial charge in [-0.3, -0.25) is 0 Å². The minimum atomic E-state index is 0.0259. The van der Waals surface area contributed by atoms with Crippen LogP contribution in [-0.2, 0) is 0 Å². The van der Waals surface area contributed by atoms with E-state index in [4.69, 9.17) is 10.8 Å². The molecule has 0 aromatic carbocycles. The summed E-state index contributed by atoms with van der Waals surface area (Å²) < 4.78 is 0. The van der Waals surface area contributed by atoms with Gasteiger partial charge in [0.1, 0.15) is 0 Å². The third-order valence-electron chi connectivity index (χ3n) is 2.27. The Balaban J connectivity index is 2.66. The number of rotatable bonds is 4. The van der Waals surface area contributed by atoms with E-state index >= 15 is 0 Å². The Hall–Kier alpha value is -1.30. The van der Waals surface area contributed by atoms with Crippen LogP contribution in [0, 0.1) is 5.41 Å². The molecule has 1 atom stereocenters. The number of anilines is 2. The number of nitrogens with zero attached hydrogens (tertiary/aromatic N) is 2. The summed E-state index contributed by atoms with van der Waals surface area (Å²) in [4.78, 5) is 3.96. The Morgan fingerprint density at radius 2 is 2.20 bits per heavy atom. The molecule has 0 saturated heterocycles. The third-order valence-corrected chi connectivity index (χ3v) is 2.27. The number of H-pyrrole nitrogens is 1. The zero-order valence-corrected chi connectivity index (χ0v) is 9.41. The first-order valence-electron chi connectivity index (χ1n) is 4.98. The van der Waals surface area contributed by atoms with Crippen LogP contribution in [0.25, 0.3) is 0 Å². The smallest absolute Gasteiger partial charge is 0.243 e. The van der Waals surface area contributed by atoms with Crippen LogP contribution in [0.1, 0.15) is 27.2 Å².